The maximum absolute atomic E-state index is 12.8. The molecule has 1 aromatic heterocycles. The number of fused-ring (bicyclic) bond motifs is 1. The number of carbonyl (C=O) groups excluding carboxylic acids is 1. The molecular weight excluding hydrogens is 432 g/mol. The lowest BCUT2D eigenvalue weighted by Crippen LogP contribution is -2.45. The number of benzene rings is 1. The molecule has 0 bridgehead atoms. The fraction of sp³-hybridized carbons (Fsp3) is 0.480. The number of hydrogen-bond donors (Lipinski definition) is 4. The smallest absolute Gasteiger partial charge is 0.270 e. The predicted molar refractivity (Wildman–Crippen MR) is 128 cm³/mol. The summed E-state index contributed by atoms with van der Waals surface area (Å²) in [7, 11) is 0. The Hall–Kier alpha value is -3.17. The molecule has 0 spiro atoms. The molecule has 1 amide bonds. The zero-order valence-electron chi connectivity index (χ0n) is 19.5. The fourth-order valence-electron chi connectivity index (χ4n) is 4.87. The summed E-state index contributed by atoms with van der Waals surface area (Å²) >= 11 is 0. The Labute approximate surface area is 199 Å². The number of carbonyl (C=O) groups is 1. The van der Waals surface area contributed by atoms with Gasteiger partial charge in [0, 0.05) is 37.4 Å². The van der Waals surface area contributed by atoms with E-state index in [0.717, 1.165) is 67.8 Å². The minimum atomic E-state index is -0.226. The molecule has 3 heterocycles. The van der Waals surface area contributed by atoms with Gasteiger partial charge in [-0.25, -0.2) is 10.5 Å². The zero-order valence-corrected chi connectivity index (χ0v) is 19.5. The highest BCUT2D eigenvalue weighted by Crippen LogP contribution is 2.29. The van der Waals surface area contributed by atoms with E-state index in [1.807, 2.05) is 30.2 Å². The minimum Gasteiger partial charge on any atom is -0.493 e. The average Bonchev–Trinajstić information content (AvgIpc) is 3.52. The van der Waals surface area contributed by atoms with Crippen molar-refractivity contribution in [1.82, 2.24) is 26.4 Å². The van der Waals surface area contributed by atoms with Gasteiger partial charge in [-0.1, -0.05) is 12.1 Å². The fourth-order valence-corrected chi connectivity index (χ4v) is 4.87. The Bertz CT molecular complexity index is 1080. The largest absolute Gasteiger partial charge is 0.493 e. The third-order valence-electron chi connectivity index (χ3n) is 6.86. The van der Waals surface area contributed by atoms with Crippen molar-refractivity contribution in [3.05, 3.63) is 58.4 Å². The van der Waals surface area contributed by atoms with E-state index in [9.17, 15) is 9.90 Å². The number of hydrazone groups is 1. The first kappa shape index (κ1) is 22.6. The van der Waals surface area contributed by atoms with E-state index in [-0.39, 0.29) is 5.91 Å². The van der Waals surface area contributed by atoms with Crippen LogP contribution in [-0.2, 0) is 13.0 Å². The molecule has 5 rings (SSSR count). The van der Waals surface area contributed by atoms with Crippen molar-refractivity contribution < 1.29 is 14.6 Å². The summed E-state index contributed by atoms with van der Waals surface area (Å²) < 4.78 is 5.62. The highest BCUT2D eigenvalue weighted by Gasteiger charge is 2.25. The van der Waals surface area contributed by atoms with Crippen molar-refractivity contribution in [3.63, 3.8) is 0 Å². The third-order valence-corrected chi connectivity index (χ3v) is 6.86. The molecular formula is C25H32N6O3. The molecule has 2 aliphatic heterocycles. The van der Waals surface area contributed by atoms with Gasteiger partial charge in [0.2, 0.25) is 0 Å². The van der Waals surface area contributed by atoms with Crippen molar-refractivity contribution in [3.8, 4) is 5.75 Å². The first-order valence-electron chi connectivity index (χ1n) is 12.1. The van der Waals surface area contributed by atoms with Crippen LogP contribution in [-0.4, -0.2) is 46.7 Å². The lowest BCUT2D eigenvalue weighted by atomic mass is 9.82. The van der Waals surface area contributed by atoms with Gasteiger partial charge in [0.25, 0.3) is 5.91 Å². The Kier molecular flexibility index (Phi) is 6.64. The molecule has 180 valence electrons. The number of aliphatic hydroxyl groups is 1. The molecule has 3 aliphatic rings. The molecule has 0 saturated heterocycles. The normalized spacial score (nSPS) is 21.8. The first-order chi connectivity index (χ1) is 16.6. The van der Waals surface area contributed by atoms with Gasteiger partial charge in [-0.2, -0.15) is 0 Å². The molecule has 9 heteroatoms. The van der Waals surface area contributed by atoms with E-state index in [0.29, 0.717) is 36.5 Å². The van der Waals surface area contributed by atoms with E-state index < -0.39 is 0 Å². The summed E-state index contributed by atoms with van der Waals surface area (Å²) in [6.07, 6.45) is 5.30. The predicted octanol–water partition coefficient (Wildman–Crippen LogP) is 2.04. The molecule has 1 aliphatic carbocycles. The molecule has 2 aromatic rings. The van der Waals surface area contributed by atoms with Crippen molar-refractivity contribution >= 4 is 11.7 Å². The number of nitrogens with zero attached hydrogens (tertiary/aromatic N) is 3. The number of amides is 1. The molecule has 9 nitrogen and oxygen atoms in total. The van der Waals surface area contributed by atoms with Crippen molar-refractivity contribution in [2.45, 2.75) is 45.6 Å². The van der Waals surface area contributed by atoms with E-state index in [1.165, 1.54) is 5.56 Å². The van der Waals surface area contributed by atoms with Crippen LogP contribution in [0.5, 0.6) is 5.75 Å². The maximum Gasteiger partial charge on any atom is 0.270 e. The van der Waals surface area contributed by atoms with Crippen molar-refractivity contribution in [1.29, 1.82) is 0 Å². The van der Waals surface area contributed by atoms with Crippen LogP contribution in [0, 0.1) is 18.8 Å². The van der Waals surface area contributed by atoms with Gasteiger partial charge >= 0.3 is 0 Å². The Morgan fingerprint density at radius 2 is 2.03 bits per heavy atom. The van der Waals surface area contributed by atoms with Crippen LogP contribution in [0.25, 0.3) is 0 Å². The van der Waals surface area contributed by atoms with Crippen LogP contribution >= 0.6 is 0 Å². The molecule has 0 atom stereocenters. The minimum absolute atomic E-state index is 0.226. The van der Waals surface area contributed by atoms with E-state index in [1.54, 1.807) is 6.07 Å². The Morgan fingerprint density at radius 3 is 2.85 bits per heavy atom. The van der Waals surface area contributed by atoms with Gasteiger partial charge in [-0.3, -0.25) is 10.2 Å². The number of aliphatic hydroxyl groups excluding tert-OH is 1. The van der Waals surface area contributed by atoms with Gasteiger partial charge in [0.1, 0.15) is 11.4 Å². The quantitative estimate of drug-likeness (QED) is 0.496. The third kappa shape index (κ3) is 5.15. The van der Waals surface area contributed by atoms with Gasteiger partial charge < -0.3 is 15.2 Å². The number of aromatic nitrogens is 1. The van der Waals surface area contributed by atoms with Crippen molar-refractivity contribution in [2.75, 3.05) is 19.8 Å². The molecule has 34 heavy (non-hydrogen) atoms. The lowest BCUT2D eigenvalue weighted by molar-refractivity contribution is 0.0945. The number of hydrogen-bond acceptors (Lipinski definition) is 8. The van der Waals surface area contributed by atoms with Gasteiger partial charge in [0.15, 0.2) is 5.84 Å². The number of nitrogens with one attached hydrogen (secondary N) is 3. The standard InChI is InChI=1S/C25H32N6O3/c1-16-10-21(24-28-30-31(29-24)14-17-2-4-18(15-32)5-3-17)12-22(27-16)25(33)26-13-19-6-7-20-8-9-34-23(20)11-19/h6-7,10-12,17-18,30,32H,2-5,8-9,13-15H2,1H3,(H,26,33)(H,28,29). The van der Waals surface area contributed by atoms with E-state index in [4.69, 9.17) is 4.74 Å². The van der Waals surface area contributed by atoms with Crippen LogP contribution < -0.4 is 21.0 Å². The second kappa shape index (κ2) is 9.99. The van der Waals surface area contributed by atoms with Crippen LogP contribution in [0.15, 0.2) is 35.4 Å². The summed E-state index contributed by atoms with van der Waals surface area (Å²) in [5.74, 6) is 2.35. The number of ether oxygens (including phenoxy) is 1. The van der Waals surface area contributed by atoms with Gasteiger partial charge in [-0.05, 0) is 73.8 Å². The Balaban J connectivity index is 1.18. The first-order valence-corrected chi connectivity index (χ1v) is 12.1. The summed E-state index contributed by atoms with van der Waals surface area (Å²) in [5.41, 5.74) is 10.5. The Morgan fingerprint density at radius 1 is 1.21 bits per heavy atom. The zero-order chi connectivity index (χ0) is 23.5. The van der Waals surface area contributed by atoms with E-state index >= 15 is 0 Å². The maximum atomic E-state index is 12.8. The molecule has 0 unspecified atom stereocenters. The number of pyridine rings is 1. The number of hydrazine groups is 2. The second-order valence-corrected chi connectivity index (χ2v) is 9.46. The highest BCUT2D eigenvalue weighted by atomic mass is 16.5. The summed E-state index contributed by atoms with van der Waals surface area (Å²) in [6, 6.07) is 9.76. The molecule has 1 fully saturated rings. The second-order valence-electron chi connectivity index (χ2n) is 9.46. The van der Waals surface area contributed by atoms with Gasteiger partial charge in [0.05, 0.1) is 6.61 Å². The lowest BCUT2D eigenvalue weighted by Gasteiger charge is -2.29. The highest BCUT2D eigenvalue weighted by molar-refractivity contribution is 6.01. The SMILES string of the molecule is Cc1cc(C2=NNN(CC3CCC(CO)CC3)N2)cc(C(=O)NCc2ccc3c(c2)OCC3)n1. The molecule has 0 radical (unpaired) electrons. The van der Waals surface area contributed by atoms with Crippen LogP contribution in [0.2, 0.25) is 0 Å². The average molecular weight is 465 g/mol. The van der Waals surface area contributed by atoms with E-state index in [2.05, 4.69) is 32.4 Å². The van der Waals surface area contributed by atoms with Crippen LogP contribution in [0.4, 0.5) is 0 Å². The van der Waals surface area contributed by atoms with Gasteiger partial charge in [-0.15, -0.1) is 10.2 Å². The summed E-state index contributed by atoms with van der Waals surface area (Å²) in [6.45, 7) is 4.12. The molecule has 1 aromatic carbocycles. The van der Waals surface area contributed by atoms with Crippen molar-refractivity contribution in [2.24, 2.45) is 16.9 Å². The van der Waals surface area contributed by atoms with Crippen LogP contribution in [0.3, 0.4) is 0 Å². The summed E-state index contributed by atoms with van der Waals surface area (Å²) in [4.78, 5) is 17.3. The monoisotopic (exact) mass is 464 g/mol. The molecule has 4 N–H and O–H groups in total. The number of amidine groups is 1. The number of rotatable bonds is 7. The van der Waals surface area contributed by atoms with Crippen LogP contribution in [0.1, 0.15) is 58.6 Å². The topological polar surface area (TPSA) is 111 Å². The number of aryl methyl sites for hydroxylation is 1. The summed E-state index contributed by atoms with van der Waals surface area (Å²) in [5, 5.41) is 18.6. The molecule has 1 saturated carbocycles.